The van der Waals surface area contributed by atoms with Gasteiger partial charge in [0.05, 0.1) is 12.9 Å². The van der Waals surface area contributed by atoms with Crippen LogP contribution in [-0.4, -0.2) is 26.3 Å². The Morgan fingerprint density at radius 1 is 1.25 bits per heavy atom. The molecule has 3 aromatic rings. The van der Waals surface area contributed by atoms with E-state index in [9.17, 15) is 0 Å². The first kappa shape index (κ1) is 17.0. The quantitative estimate of drug-likeness (QED) is 0.608. The van der Waals surface area contributed by atoms with Crippen molar-refractivity contribution in [2.75, 3.05) is 7.05 Å². The second-order valence-corrected chi connectivity index (χ2v) is 6.41. The smallest absolute Gasteiger partial charge is 0.199 e. The first-order valence-electron chi connectivity index (χ1n) is 7.73. The molecular formula is C17H19ClN4OS. The fourth-order valence-corrected chi connectivity index (χ4v) is 3.03. The summed E-state index contributed by atoms with van der Waals surface area (Å²) in [6.45, 7) is 4.18. The first-order valence-corrected chi connectivity index (χ1v) is 8.51. The van der Waals surface area contributed by atoms with Crippen molar-refractivity contribution < 1.29 is 4.42 Å². The third kappa shape index (κ3) is 3.61. The second kappa shape index (κ2) is 7.34. The molecule has 0 fully saturated rings. The molecule has 0 radical (unpaired) electrons. The molecule has 0 saturated carbocycles. The molecule has 0 atom stereocenters. The Bertz CT molecular complexity index is 852. The van der Waals surface area contributed by atoms with E-state index in [-0.39, 0.29) is 0 Å². The van der Waals surface area contributed by atoms with E-state index in [0.29, 0.717) is 11.4 Å². The minimum absolute atomic E-state index is 0.599. The lowest BCUT2D eigenvalue weighted by molar-refractivity contribution is 0.244. The highest BCUT2D eigenvalue weighted by Gasteiger charge is 2.14. The molecule has 0 saturated heterocycles. The third-order valence-corrected chi connectivity index (χ3v) is 4.40. The Morgan fingerprint density at radius 2 is 2.00 bits per heavy atom. The second-order valence-electron chi connectivity index (χ2n) is 5.61. The van der Waals surface area contributed by atoms with Crippen molar-refractivity contribution in [2.45, 2.75) is 26.7 Å². The number of rotatable bonds is 6. The summed E-state index contributed by atoms with van der Waals surface area (Å²) in [6.07, 6.45) is 1.64. The summed E-state index contributed by atoms with van der Waals surface area (Å²) in [5.41, 5.74) is 1.19. The molecule has 0 aliphatic carbocycles. The molecular weight excluding hydrogens is 344 g/mol. The zero-order valence-electron chi connectivity index (χ0n) is 13.6. The van der Waals surface area contributed by atoms with Gasteiger partial charge in [-0.15, -0.1) is 5.10 Å². The Kier molecular flexibility index (Phi) is 5.18. The van der Waals surface area contributed by atoms with E-state index in [2.05, 4.69) is 10.00 Å². The molecule has 0 spiro atoms. The summed E-state index contributed by atoms with van der Waals surface area (Å²) in [7, 11) is 2.04. The molecule has 0 unspecified atom stereocenters. The molecule has 0 bridgehead atoms. The molecule has 2 aromatic heterocycles. The molecule has 3 rings (SSSR count). The summed E-state index contributed by atoms with van der Waals surface area (Å²) in [6, 6.07) is 11.6. The van der Waals surface area contributed by atoms with Gasteiger partial charge in [-0.05, 0) is 56.0 Å². The minimum atomic E-state index is 0.599. The lowest BCUT2D eigenvalue weighted by Crippen LogP contribution is -2.22. The normalized spacial score (nSPS) is 11.3. The van der Waals surface area contributed by atoms with Gasteiger partial charge in [0.25, 0.3) is 0 Å². The lowest BCUT2D eigenvalue weighted by Gasteiger charge is -2.16. The van der Waals surface area contributed by atoms with E-state index in [1.54, 1.807) is 6.26 Å². The maximum atomic E-state index is 5.93. The van der Waals surface area contributed by atoms with Crippen LogP contribution in [0.25, 0.3) is 11.6 Å². The molecule has 1 aromatic carbocycles. The highest BCUT2D eigenvalue weighted by atomic mass is 35.5. The SMILES string of the molecule is CCn1c(-c2ccco2)nn(CN(C)Cc2ccc(Cl)cc2)c1=S. The number of benzene rings is 1. The van der Waals surface area contributed by atoms with Crippen LogP contribution in [0.3, 0.4) is 0 Å². The third-order valence-electron chi connectivity index (χ3n) is 3.72. The number of aromatic nitrogens is 3. The largest absolute Gasteiger partial charge is 0.461 e. The summed E-state index contributed by atoms with van der Waals surface area (Å²) < 4.78 is 9.96. The van der Waals surface area contributed by atoms with E-state index in [0.717, 1.165) is 29.7 Å². The number of nitrogens with zero attached hydrogens (tertiary/aromatic N) is 4. The zero-order chi connectivity index (χ0) is 17.1. The van der Waals surface area contributed by atoms with Crippen LogP contribution in [0, 0.1) is 4.77 Å². The van der Waals surface area contributed by atoms with Gasteiger partial charge >= 0.3 is 0 Å². The highest BCUT2D eigenvalue weighted by molar-refractivity contribution is 7.71. The van der Waals surface area contributed by atoms with Crippen LogP contribution in [0.4, 0.5) is 0 Å². The van der Waals surface area contributed by atoms with Crippen molar-refractivity contribution >= 4 is 23.8 Å². The van der Waals surface area contributed by atoms with Gasteiger partial charge in [0.15, 0.2) is 16.4 Å². The van der Waals surface area contributed by atoms with Gasteiger partial charge in [-0.25, -0.2) is 4.68 Å². The molecule has 0 N–H and O–H groups in total. The van der Waals surface area contributed by atoms with Crippen LogP contribution < -0.4 is 0 Å². The number of furan rings is 1. The van der Waals surface area contributed by atoms with Crippen molar-refractivity contribution in [3.8, 4) is 11.6 Å². The molecule has 0 aliphatic heterocycles. The number of hydrogen-bond acceptors (Lipinski definition) is 4. The Morgan fingerprint density at radius 3 is 2.62 bits per heavy atom. The Labute approximate surface area is 151 Å². The molecule has 24 heavy (non-hydrogen) atoms. The van der Waals surface area contributed by atoms with Crippen molar-refractivity contribution in [3.63, 3.8) is 0 Å². The van der Waals surface area contributed by atoms with E-state index < -0.39 is 0 Å². The lowest BCUT2D eigenvalue weighted by atomic mass is 10.2. The van der Waals surface area contributed by atoms with Crippen LogP contribution in [0.5, 0.6) is 0 Å². The summed E-state index contributed by atoms with van der Waals surface area (Å²) in [5.74, 6) is 1.48. The van der Waals surface area contributed by atoms with E-state index in [1.807, 2.05) is 59.6 Å². The van der Waals surface area contributed by atoms with Gasteiger partial charge in [0, 0.05) is 18.1 Å². The molecule has 0 aliphatic rings. The molecule has 2 heterocycles. The Balaban J connectivity index is 1.79. The number of halogens is 1. The fraction of sp³-hybridized carbons (Fsp3) is 0.294. The van der Waals surface area contributed by atoms with Crippen LogP contribution in [-0.2, 0) is 19.8 Å². The van der Waals surface area contributed by atoms with Gasteiger partial charge in [-0.3, -0.25) is 9.47 Å². The zero-order valence-corrected chi connectivity index (χ0v) is 15.2. The van der Waals surface area contributed by atoms with Crippen LogP contribution in [0.2, 0.25) is 5.02 Å². The average molecular weight is 363 g/mol. The van der Waals surface area contributed by atoms with Crippen molar-refractivity contribution in [2.24, 2.45) is 0 Å². The average Bonchev–Trinajstić information content (AvgIpc) is 3.18. The predicted octanol–water partition coefficient (Wildman–Crippen LogP) is 4.44. The summed E-state index contributed by atoms with van der Waals surface area (Å²) in [4.78, 5) is 2.15. The van der Waals surface area contributed by atoms with E-state index >= 15 is 0 Å². The van der Waals surface area contributed by atoms with E-state index in [4.69, 9.17) is 28.2 Å². The van der Waals surface area contributed by atoms with Crippen molar-refractivity contribution in [3.05, 3.63) is 58.0 Å². The highest BCUT2D eigenvalue weighted by Crippen LogP contribution is 2.19. The fourth-order valence-electron chi connectivity index (χ4n) is 2.59. The van der Waals surface area contributed by atoms with Gasteiger partial charge in [-0.2, -0.15) is 0 Å². The van der Waals surface area contributed by atoms with Crippen LogP contribution in [0.15, 0.2) is 47.1 Å². The number of hydrogen-bond donors (Lipinski definition) is 0. The van der Waals surface area contributed by atoms with Gasteiger partial charge in [0.2, 0.25) is 0 Å². The van der Waals surface area contributed by atoms with Crippen molar-refractivity contribution in [1.82, 2.24) is 19.2 Å². The maximum Gasteiger partial charge on any atom is 0.199 e. The topological polar surface area (TPSA) is 39.1 Å². The summed E-state index contributed by atoms with van der Waals surface area (Å²) >= 11 is 11.5. The molecule has 7 heteroatoms. The van der Waals surface area contributed by atoms with E-state index in [1.165, 1.54) is 5.56 Å². The standard InChI is InChI=1S/C17H19ClN4OS/c1-3-21-16(15-5-4-10-23-15)19-22(17(21)24)12-20(2)11-13-6-8-14(18)9-7-13/h4-10H,3,11-12H2,1-2H3. The molecule has 126 valence electrons. The summed E-state index contributed by atoms with van der Waals surface area (Å²) in [5, 5.41) is 5.38. The van der Waals surface area contributed by atoms with Crippen LogP contribution in [0.1, 0.15) is 12.5 Å². The molecule has 5 nitrogen and oxygen atoms in total. The van der Waals surface area contributed by atoms with Gasteiger partial charge in [-0.1, -0.05) is 23.7 Å². The van der Waals surface area contributed by atoms with Crippen molar-refractivity contribution in [1.29, 1.82) is 0 Å². The van der Waals surface area contributed by atoms with Gasteiger partial charge in [0.1, 0.15) is 0 Å². The monoisotopic (exact) mass is 362 g/mol. The predicted molar refractivity (Wildman–Crippen MR) is 97.3 cm³/mol. The Hall–Kier alpha value is -1.89. The minimum Gasteiger partial charge on any atom is -0.461 e. The first-order chi connectivity index (χ1) is 11.6. The van der Waals surface area contributed by atoms with Gasteiger partial charge < -0.3 is 4.42 Å². The van der Waals surface area contributed by atoms with Crippen LogP contribution >= 0.6 is 23.8 Å². The maximum absolute atomic E-state index is 5.93. The molecule has 0 amide bonds.